The lowest BCUT2D eigenvalue weighted by atomic mass is 9.97. The standard InChI is InChI=1S/C16H22BrN3O4S/c1-12(18-16-7-5-3-2-4-6-15(16)17)19-25(23,24)14-10-8-13(9-11-14)20(21)22/h8-11,15-16H,2-7H2,1H3,(H,18,19)/t15-,16-/m0/s1. The van der Waals surface area contributed by atoms with E-state index >= 15 is 0 Å². The van der Waals surface area contributed by atoms with Crippen molar-refractivity contribution in [2.75, 3.05) is 0 Å². The van der Waals surface area contributed by atoms with Gasteiger partial charge in [-0.25, -0.2) is 8.42 Å². The normalized spacial score (nSPS) is 22.7. The fourth-order valence-corrected chi connectivity index (χ4v) is 4.60. The molecule has 0 unspecified atom stereocenters. The molecular formula is C16H22BrN3O4S. The Balaban J connectivity index is 2.11. The van der Waals surface area contributed by atoms with Gasteiger partial charge < -0.3 is 0 Å². The predicted molar refractivity (Wildman–Crippen MR) is 101 cm³/mol. The van der Waals surface area contributed by atoms with Crippen molar-refractivity contribution in [3.8, 4) is 0 Å². The first-order valence-electron chi connectivity index (χ1n) is 8.25. The molecule has 7 nitrogen and oxygen atoms in total. The molecule has 1 fully saturated rings. The van der Waals surface area contributed by atoms with Crippen molar-refractivity contribution < 1.29 is 13.3 Å². The van der Waals surface area contributed by atoms with E-state index in [4.69, 9.17) is 0 Å². The molecule has 1 aliphatic carbocycles. The number of alkyl halides is 1. The first-order valence-corrected chi connectivity index (χ1v) is 10.7. The van der Waals surface area contributed by atoms with Crippen molar-refractivity contribution in [1.82, 2.24) is 4.72 Å². The highest BCUT2D eigenvalue weighted by Gasteiger charge is 2.21. The number of nitro benzene ring substituents is 1. The van der Waals surface area contributed by atoms with Crippen LogP contribution < -0.4 is 4.72 Å². The van der Waals surface area contributed by atoms with E-state index in [0.29, 0.717) is 5.84 Å². The van der Waals surface area contributed by atoms with E-state index in [9.17, 15) is 18.5 Å². The van der Waals surface area contributed by atoms with Gasteiger partial charge in [-0.3, -0.25) is 19.8 Å². The first-order chi connectivity index (χ1) is 11.8. The summed E-state index contributed by atoms with van der Waals surface area (Å²) in [4.78, 5) is 14.9. The predicted octanol–water partition coefficient (Wildman–Crippen LogP) is 3.78. The van der Waals surface area contributed by atoms with Gasteiger partial charge in [0.1, 0.15) is 5.84 Å². The van der Waals surface area contributed by atoms with Crippen molar-refractivity contribution in [2.45, 2.75) is 61.2 Å². The van der Waals surface area contributed by atoms with Crippen LogP contribution in [-0.4, -0.2) is 30.0 Å². The van der Waals surface area contributed by atoms with Crippen molar-refractivity contribution >= 4 is 37.5 Å². The molecule has 0 heterocycles. The molecule has 2 atom stereocenters. The smallest absolute Gasteiger partial charge is 0.268 e. The Labute approximate surface area is 156 Å². The number of nitrogens with one attached hydrogen (secondary N) is 1. The van der Waals surface area contributed by atoms with Gasteiger partial charge in [0, 0.05) is 17.0 Å². The summed E-state index contributed by atoms with van der Waals surface area (Å²) in [5.74, 6) is 0.327. The Kier molecular flexibility index (Phi) is 6.95. The molecule has 2 rings (SSSR count). The van der Waals surface area contributed by atoms with Gasteiger partial charge in [0.2, 0.25) is 0 Å². The molecule has 138 valence electrons. The number of rotatable bonds is 4. The van der Waals surface area contributed by atoms with Crippen LogP contribution in [0, 0.1) is 10.1 Å². The lowest BCUT2D eigenvalue weighted by Crippen LogP contribution is -2.31. The third-order valence-corrected chi connectivity index (χ3v) is 6.67. The van der Waals surface area contributed by atoms with Gasteiger partial charge in [0.15, 0.2) is 0 Å². The summed E-state index contributed by atoms with van der Waals surface area (Å²) < 4.78 is 27.2. The minimum Gasteiger partial charge on any atom is -0.268 e. The van der Waals surface area contributed by atoms with Crippen LogP contribution in [0.1, 0.15) is 45.4 Å². The molecule has 9 heteroatoms. The number of nitro groups is 1. The molecule has 0 spiro atoms. The van der Waals surface area contributed by atoms with E-state index in [0.717, 1.165) is 25.7 Å². The largest absolute Gasteiger partial charge is 0.269 e. The maximum atomic E-state index is 12.4. The van der Waals surface area contributed by atoms with E-state index < -0.39 is 14.9 Å². The number of halogens is 1. The van der Waals surface area contributed by atoms with Crippen molar-refractivity contribution in [1.29, 1.82) is 0 Å². The second kappa shape index (κ2) is 8.75. The molecule has 1 aromatic rings. The zero-order valence-corrected chi connectivity index (χ0v) is 16.4. The van der Waals surface area contributed by atoms with Crippen LogP contribution >= 0.6 is 15.9 Å². The van der Waals surface area contributed by atoms with Gasteiger partial charge in [0.25, 0.3) is 15.7 Å². The van der Waals surface area contributed by atoms with Gasteiger partial charge in [-0.05, 0) is 31.9 Å². The number of nitrogens with zero attached hydrogens (tertiary/aromatic N) is 2. The lowest BCUT2D eigenvalue weighted by molar-refractivity contribution is -0.384. The number of benzene rings is 1. The van der Waals surface area contributed by atoms with Crippen LogP contribution in [0.25, 0.3) is 0 Å². The SMILES string of the molecule is CC(=N[C@H]1CCCCCC[C@@H]1Br)NS(=O)(=O)c1ccc([N+](=O)[O-])cc1. The maximum Gasteiger partial charge on any atom is 0.269 e. The minimum atomic E-state index is -3.81. The topological polar surface area (TPSA) is 102 Å². The quantitative estimate of drug-likeness (QED) is 0.257. The number of hydrogen-bond donors (Lipinski definition) is 1. The van der Waals surface area contributed by atoms with Gasteiger partial charge in [-0.15, -0.1) is 0 Å². The Morgan fingerprint density at radius 1 is 1.20 bits per heavy atom. The van der Waals surface area contributed by atoms with Crippen LogP contribution in [0.4, 0.5) is 5.69 Å². The highest BCUT2D eigenvalue weighted by atomic mass is 79.9. The number of non-ortho nitro benzene ring substituents is 1. The molecule has 0 radical (unpaired) electrons. The van der Waals surface area contributed by atoms with E-state index in [1.807, 2.05) is 0 Å². The van der Waals surface area contributed by atoms with Crippen LogP contribution in [0.3, 0.4) is 0 Å². The number of aliphatic imine (C=N–C) groups is 1. The van der Waals surface area contributed by atoms with Gasteiger partial charge in [0.05, 0.1) is 15.9 Å². The highest BCUT2D eigenvalue weighted by Crippen LogP contribution is 2.25. The van der Waals surface area contributed by atoms with Crippen LogP contribution in [-0.2, 0) is 10.0 Å². The molecule has 1 aliphatic rings. The summed E-state index contributed by atoms with van der Waals surface area (Å²) in [6, 6.07) is 4.82. The van der Waals surface area contributed by atoms with Crippen molar-refractivity contribution in [3.63, 3.8) is 0 Å². The molecule has 0 saturated heterocycles. The summed E-state index contributed by atoms with van der Waals surface area (Å²) in [6.45, 7) is 1.63. The van der Waals surface area contributed by atoms with Gasteiger partial charge >= 0.3 is 0 Å². The van der Waals surface area contributed by atoms with E-state index in [-0.39, 0.29) is 21.5 Å². The second-order valence-electron chi connectivity index (χ2n) is 6.15. The summed E-state index contributed by atoms with van der Waals surface area (Å²) in [7, 11) is -3.81. The summed E-state index contributed by atoms with van der Waals surface area (Å²) in [5.41, 5.74) is -0.152. The monoisotopic (exact) mass is 431 g/mol. The summed E-state index contributed by atoms with van der Waals surface area (Å²) >= 11 is 3.67. The third kappa shape index (κ3) is 5.78. The average molecular weight is 432 g/mol. The fourth-order valence-electron chi connectivity index (χ4n) is 2.84. The van der Waals surface area contributed by atoms with Crippen molar-refractivity contribution in [3.05, 3.63) is 34.4 Å². The number of hydrogen-bond acceptors (Lipinski definition) is 5. The van der Waals surface area contributed by atoms with E-state index in [1.165, 1.54) is 37.1 Å². The number of sulfonamides is 1. The summed E-state index contributed by atoms with van der Waals surface area (Å²) in [6.07, 6.45) is 6.58. The molecule has 25 heavy (non-hydrogen) atoms. The van der Waals surface area contributed by atoms with Gasteiger partial charge in [-0.1, -0.05) is 41.6 Å². The average Bonchev–Trinajstić information content (AvgIpc) is 2.54. The fraction of sp³-hybridized carbons (Fsp3) is 0.562. The Bertz CT molecular complexity index is 734. The van der Waals surface area contributed by atoms with Crippen LogP contribution in [0.2, 0.25) is 0 Å². The van der Waals surface area contributed by atoms with E-state index in [1.54, 1.807) is 6.92 Å². The van der Waals surface area contributed by atoms with E-state index in [2.05, 4.69) is 25.6 Å². The Morgan fingerprint density at radius 3 is 2.40 bits per heavy atom. The molecule has 0 aromatic heterocycles. The second-order valence-corrected chi connectivity index (χ2v) is 9.00. The molecular weight excluding hydrogens is 410 g/mol. The first kappa shape index (κ1) is 19.8. The zero-order chi connectivity index (χ0) is 18.4. The highest BCUT2D eigenvalue weighted by molar-refractivity contribution is 9.09. The minimum absolute atomic E-state index is 0.0271. The molecule has 0 aliphatic heterocycles. The van der Waals surface area contributed by atoms with Crippen LogP contribution in [0.5, 0.6) is 0 Å². The van der Waals surface area contributed by atoms with Gasteiger partial charge in [-0.2, -0.15) is 0 Å². The molecule has 1 aromatic carbocycles. The molecule has 0 amide bonds. The Morgan fingerprint density at radius 2 is 1.80 bits per heavy atom. The maximum absolute atomic E-state index is 12.4. The van der Waals surface area contributed by atoms with Crippen molar-refractivity contribution in [2.24, 2.45) is 4.99 Å². The summed E-state index contributed by atoms with van der Waals surface area (Å²) in [5, 5.41) is 10.7. The molecule has 0 bridgehead atoms. The molecule has 1 saturated carbocycles. The zero-order valence-electron chi connectivity index (χ0n) is 14.0. The lowest BCUT2D eigenvalue weighted by Gasteiger charge is -2.22. The van der Waals surface area contributed by atoms with Crippen LogP contribution in [0.15, 0.2) is 34.2 Å². The Hall–Kier alpha value is -1.48. The third-order valence-electron chi connectivity index (χ3n) is 4.15. The molecule has 1 N–H and O–H groups in total. The number of amidine groups is 1.